The molecule has 0 atom stereocenters. The van der Waals surface area contributed by atoms with Crippen molar-refractivity contribution in [1.29, 1.82) is 0 Å². The van der Waals surface area contributed by atoms with E-state index in [-0.39, 0.29) is 12.1 Å². The molecule has 41 heavy (non-hydrogen) atoms. The summed E-state index contributed by atoms with van der Waals surface area (Å²) in [5.74, 6) is -30.7. The third-order valence-electron chi connectivity index (χ3n) is 4.90. The molecule has 0 aliphatic carbocycles. The zero-order chi connectivity index (χ0) is 31.6. The Balaban J connectivity index is 2.45. The summed E-state index contributed by atoms with van der Waals surface area (Å²) in [4.78, 5) is 0. The third kappa shape index (κ3) is 5.53. The van der Waals surface area contributed by atoms with Crippen LogP contribution < -0.4 is 20.9 Å². The topological polar surface area (TPSA) is 70.5 Å². The fourth-order valence-electron chi connectivity index (χ4n) is 3.22. The lowest BCUT2D eigenvalue weighted by molar-refractivity contribution is -0.143. The molecular formula is C21H6F16N2O2. The predicted octanol–water partition coefficient (Wildman–Crippen LogP) is 8.47. The van der Waals surface area contributed by atoms with Gasteiger partial charge in [-0.25, -0.2) is 22.0 Å². The van der Waals surface area contributed by atoms with E-state index in [0.29, 0.717) is 0 Å². The minimum Gasteiger partial charge on any atom is -0.449 e. The molecule has 4 nitrogen and oxygen atoms in total. The molecule has 0 aromatic heterocycles. The SMILES string of the molecule is Nc1cc(F)c(C(F)(F)F)c(Oc2c(F)c(F)c(C(F)(F)F)c(Oc3c(F)c(N)cc(F)c3C(F)(F)F)c2F)c1F. The Labute approximate surface area is 214 Å². The lowest BCUT2D eigenvalue weighted by atomic mass is 10.1. The Bertz CT molecular complexity index is 1540. The average Bonchev–Trinajstić information content (AvgIpc) is 2.78. The van der Waals surface area contributed by atoms with Crippen LogP contribution in [0.4, 0.5) is 81.6 Å². The van der Waals surface area contributed by atoms with Gasteiger partial charge in [0, 0.05) is 12.1 Å². The van der Waals surface area contributed by atoms with Crippen LogP contribution in [0.3, 0.4) is 0 Å². The summed E-state index contributed by atoms with van der Waals surface area (Å²) in [7, 11) is 0. The molecule has 3 rings (SSSR count). The molecule has 0 saturated heterocycles. The van der Waals surface area contributed by atoms with E-state index in [9.17, 15) is 65.9 Å². The number of benzene rings is 3. The van der Waals surface area contributed by atoms with Gasteiger partial charge in [0.15, 0.2) is 34.7 Å². The van der Waals surface area contributed by atoms with Gasteiger partial charge in [-0.3, -0.25) is 0 Å². The second-order valence-electron chi connectivity index (χ2n) is 7.60. The Hall–Kier alpha value is -4.26. The van der Waals surface area contributed by atoms with Crippen LogP contribution in [0.1, 0.15) is 16.7 Å². The van der Waals surface area contributed by atoms with E-state index < -0.39 is 110 Å². The maximum Gasteiger partial charge on any atom is 0.423 e. The minimum atomic E-state index is -6.33. The van der Waals surface area contributed by atoms with E-state index in [4.69, 9.17) is 11.5 Å². The molecule has 20 heteroatoms. The smallest absolute Gasteiger partial charge is 0.423 e. The first-order valence-electron chi connectivity index (χ1n) is 9.82. The largest absolute Gasteiger partial charge is 0.449 e. The molecule has 0 radical (unpaired) electrons. The van der Waals surface area contributed by atoms with E-state index in [1.807, 2.05) is 0 Å². The number of alkyl halides is 9. The Morgan fingerprint density at radius 2 is 0.732 bits per heavy atom. The third-order valence-corrected chi connectivity index (χ3v) is 4.90. The van der Waals surface area contributed by atoms with Crippen molar-refractivity contribution < 1.29 is 79.7 Å². The quantitative estimate of drug-likeness (QED) is 0.174. The Kier molecular flexibility index (Phi) is 7.61. The number of nitrogen functional groups attached to an aromatic ring is 2. The van der Waals surface area contributed by atoms with Gasteiger partial charge in [-0.05, 0) is 0 Å². The van der Waals surface area contributed by atoms with Crippen molar-refractivity contribution in [2.45, 2.75) is 18.5 Å². The Morgan fingerprint density at radius 1 is 0.415 bits per heavy atom. The summed E-state index contributed by atoms with van der Waals surface area (Å²) in [5.41, 5.74) is -2.29. The van der Waals surface area contributed by atoms with Crippen LogP contribution >= 0.6 is 0 Å². The lowest BCUT2D eigenvalue weighted by Gasteiger charge is -2.22. The lowest BCUT2D eigenvalue weighted by Crippen LogP contribution is -2.18. The minimum absolute atomic E-state index is 0.296. The molecule has 0 spiro atoms. The molecule has 3 aromatic rings. The van der Waals surface area contributed by atoms with Crippen LogP contribution in [0.5, 0.6) is 23.0 Å². The molecule has 0 fully saturated rings. The van der Waals surface area contributed by atoms with Crippen molar-refractivity contribution in [1.82, 2.24) is 0 Å². The number of halogens is 16. The molecule has 0 unspecified atom stereocenters. The highest BCUT2D eigenvalue weighted by Gasteiger charge is 2.47. The summed E-state index contributed by atoms with van der Waals surface area (Å²) in [5, 5.41) is 0. The van der Waals surface area contributed by atoms with Crippen molar-refractivity contribution in [2.24, 2.45) is 0 Å². The van der Waals surface area contributed by atoms with Crippen LogP contribution in [0.15, 0.2) is 12.1 Å². The van der Waals surface area contributed by atoms with Crippen LogP contribution in [0.2, 0.25) is 0 Å². The first-order valence-corrected chi connectivity index (χ1v) is 9.82. The highest BCUT2D eigenvalue weighted by atomic mass is 19.4. The van der Waals surface area contributed by atoms with Gasteiger partial charge in [0.05, 0.1) is 11.4 Å². The van der Waals surface area contributed by atoms with Crippen LogP contribution in [-0.2, 0) is 18.5 Å². The maximum absolute atomic E-state index is 15.2. The summed E-state index contributed by atoms with van der Waals surface area (Å²) >= 11 is 0. The van der Waals surface area contributed by atoms with Crippen molar-refractivity contribution in [3.63, 3.8) is 0 Å². The molecule has 0 saturated carbocycles. The fourth-order valence-corrected chi connectivity index (χ4v) is 3.22. The maximum atomic E-state index is 15.2. The number of anilines is 2. The van der Waals surface area contributed by atoms with Gasteiger partial charge in [-0.1, -0.05) is 0 Å². The molecule has 224 valence electrons. The zero-order valence-electron chi connectivity index (χ0n) is 18.7. The van der Waals surface area contributed by atoms with Gasteiger partial charge >= 0.3 is 18.5 Å². The van der Waals surface area contributed by atoms with E-state index in [2.05, 4.69) is 9.47 Å². The van der Waals surface area contributed by atoms with E-state index in [0.717, 1.165) is 0 Å². The van der Waals surface area contributed by atoms with E-state index >= 15 is 4.39 Å². The first kappa shape index (κ1) is 31.3. The summed E-state index contributed by atoms with van der Waals surface area (Å²) in [6.45, 7) is 0. The van der Waals surface area contributed by atoms with Gasteiger partial charge in [0.25, 0.3) is 0 Å². The fraction of sp³-hybridized carbons (Fsp3) is 0.143. The van der Waals surface area contributed by atoms with Crippen LogP contribution in [0.25, 0.3) is 0 Å². The van der Waals surface area contributed by atoms with Gasteiger partial charge in [0.2, 0.25) is 17.4 Å². The van der Waals surface area contributed by atoms with Crippen molar-refractivity contribution in [3.05, 3.63) is 69.5 Å². The second-order valence-corrected chi connectivity index (χ2v) is 7.60. The van der Waals surface area contributed by atoms with Crippen molar-refractivity contribution in [3.8, 4) is 23.0 Å². The second kappa shape index (κ2) is 9.98. The number of ether oxygens (including phenoxy) is 2. The first-order chi connectivity index (χ1) is 18.5. The van der Waals surface area contributed by atoms with Gasteiger partial charge < -0.3 is 20.9 Å². The summed E-state index contributed by atoms with van der Waals surface area (Å²) in [6.07, 6.45) is -18.3. The van der Waals surface area contributed by atoms with Crippen LogP contribution in [-0.4, -0.2) is 0 Å². The Morgan fingerprint density at radius 3 is 1.07 bits per heavy atom. The number of hydrogen-bond acceptors (Lipinski definition) is 4. The molecule has 3 aromatic carbocycles. The molecule has 4 N–H and O–H groups in total. The normalized spacial score (nSPS) is 12.6. The van der Waals surface area contributed by atoms with E-state index in [1.54, 1.807) is 0 Å². The monoisotopic (exact) mass is 622 g/mol. The van der Waals surface area contributed by atoms with Gasteiger partial charge in [-0.2, -0.15) is 48.3 Å². The predicted molar refractivity (Wildman–Crippen MR) is 103 cm³/mol. The highest BCUT2D eigenvalue weighted by molar-refractivity contribution is 5.58. The molecule has 0 aliphatic heterocycles. The molecule has 0 amide bonds. The van der Waals surface area contributed by atoms with E-state index in [1.165, 1.54) is 0 Å². The zero-order valence-corrected chi connectivity index (χ0v) is 18.7. The average molecular weight is 622 g/mol. The van der Waals surface area contributed by atoms with Crippen molar-refractivity contribution >= 4 is 11.4 Å². The van der Waals surface area contributed by atoms with Gasteiger partial charge in [0.1, 0.15) is 28.3 Å². The highest BCUT2D eigenvalue weighted by Crippen LogP contribution is 2.51. The summed E-state index contributed by atoms with van der Waals surface area (Å²) in [6, 6.07) is -0.628. The summed E-state index contributed by atoms with van der Waals surface area (Å²) < 4.78 is 229. The van der Waals surface area contributed by atoms with Gasteiger partial charge in [-0.15, -0.1) is 0 Å². The molecule has 0 bridgehead atoms. The standard InChI is InChI=1S/C21H6F16N2O2/c22-3-1-5(38)10(24)15(7(3)19(29,30)31)40-17-9(21(35,36)37)12(26)13(27)18(14(17)28)41-16-8(20(32,33)34)4(23)2-6(39)11(16)25/h1-2H,38-39H2. The number of rotatable bonds is 4. The van der Waals surface area contributed by atoms with Crippen molar-refractivity contribution in [2.75, 3.05) is 11.5 Å². The molecule has 0 heterocycles. The molecular weight excluding hydrogens is 616 g/mol. The van der Waals surface area contributed by atoms with Crippen LogP contribution in [0, 0.1) is 40.7 Å². The number of nitrogens with two attached hydrogens (primary N) is 2. The number of hydrogen-bond donors (Lipinski definition) is 2. The molecule has 0 aliphatic rings.